The number of nitrogens with zero attached hydrogens (tertiary/aromatic N) is 1. The quantitative estimate of drug-likeness (QED) is 0.800. The van der Waals surface area contributed by atoms with Crippen LogP contribution in [0.4, 0.5) is 0 Å². The molecule has 0 bridgehead atoms. The number of carbonyl (C=O) groups excluding carboxylic acids is 2. The Labute approximate surface area is 126 Å². The van der Waals surface area contributed by atoms with Crippen molar-refractivity contribution in [1.82, 2.24) is 4.90 Å². The van der Waals surface area contributed by atoms with Crippen LogP contribution in [0.25, 0.3) is 0 Å². The fraction of sp³-hybridized carbons (Fsp3) is 0.529. The van der Waals surface area contributed by atoms with E-state index in [1.165, 1.54) is 7.11 Å². The van der Waals surface area contributed by atoms with E-state index in [2.05, 4.69) is 13.8 Å². The SMILES string of the molecule is COC(=O)[C@@H]1CN(Cc2ccccc2)C(=O)C[C@@H]1C(C)C. The molecule has 1 aromatic carbocycles. The highest BCUT2D eigenvalue weighted by Gasteiger charge is 2.40. The number of carbonyl (C=O) groups is 2. The lowest BCUT2D eigenvalue weighted by Gasteiger charge is -2.38. The van der Waals surface area contributed by atoms with E-state index in [0.717, 1.165) is 5.56 Å². The van der Waals surface area contributed by atoms with Crippen molar-refractivity contribution in [3.63, 3.8) is 0 Å². The molecule has 1 aromatic rings. The van der Waals surface area contributed by atoms with Gasteiger partial charge in [-0.2, -0.15) is 0 Å². The molecule has 4 heteroatoms. The van der Waals surface area contributed by atoms with Gasteiger partial charge in [0.05, 0.1) is 13.0 Å². The first-order chi connectivity index (χ1) is 10.0. The summed E-state index contributed by atoms with van der Waals surface area (Å²) in [6, 6.07) is 9.86. The number of hydrogen-bond acceptors (Lipinski definition) is 3. The first kappa shape index (κ1) is 15.5. The molecule has 0 N–H and O–H groups in total. The van der Waals surface area contributed by atoms with Crippen LogP contribution >= 0.6 is 0 Å². The fourth-order valence-electron chi connectivity index (χ4n) is 3.01. The highest BCUT2D eigenvalue weighted by Crippen LogP contribution is 2.32. The largest absolute Gasteiger partial charge is 0.469 e. The van der Waals surface area contributed by atoms with Gasteiger partial charge in [-0.05, 0) is 17.4 Å². The first-order valence-electron chi connectivity index (χ1n) is 7.42. The number of rotatable bonds is 4. The highest BCUT2D eigenvalue weighted by molar-refractivity contribution is 5.81. The van der Waals surface area contributed by atoms with E-state index < -0.39 is 0 Å². The van der Waals surface area contributed by atoms with Gasteiger partial charge in [0.2, 0.25) is 5.91 Å². The van der Waals surface area contributed by atoms with Crippen LogP contribution in [-0.4, -0.2) is 30.4 Å². The smallest absolute Gasteiger partial charge is 0.310 e. The third kappa shape index (κ3) is 3.63. The lowest BCUT2D eigenvalue weighted by molar-refractivity contribution is -0.155. The number of benzene rings is 1. The topological polar surface area (TPSA) is 46.6 Å². The third-order valence-electron chi connectivity index (χ3n) is 4.27. The molecule has 4 nitrogen and oxygen atoms in total. The van der Waals surface area contributed by atoms with Gasteiger partial charge in [0.15, 0.2) is 0 Å². The third-order valence-corrected chi connectivity index (χ3v) is 4.27. The molecule has 0 aromatic heterocycles. The second-order valence-corrected chi connectivity index (χ2v) is 6.00. The van der Waals surface area contributed by atoms with Crippen LogP contribution in [0.15, 0.2) is 30.3 Å². The molecule has 1 aliphatic heterocycles. The molecule has 114 valence electrons. The van der Waals surface area contributed by atoms with Crippen LogP contribution in [0.2, 0.25) is 0 Å². The number of methoxy groups -OCH3 is 1. The maximum Gasteiger partial charge on any atom is 0.310 e. The predicted molar refractivity (Wildman–Crippen MR) is 80.3 cm³/mol. The van der Waals surface area contributed by atoms with E-state index >= 15 is 0 Å². The summed E-state index contributed by atoms with van der Waals surface area (Å²) in [5.41, 5.74) is 1.08. The summed E-state index contributed by atoms with van der Waals surface area (Å²) in [6.45, 7) is 5.11. The van der Waals surface area contributed by atoms with Gasteiger partial charge >= 0.3 is 5.97 Å². The summed E-state index contributed by atoms with van der Waals surface area (Å²) >= 11 is 0. The molecule has 0 unspecified atom stereocenters. The van der Waals surface area contributed by atoms with E-state index in [1.807, 2.05) is 30.3 Å². The number of ether oxygens (including phenoxy) is 1. The Bertz CT molecular complexity index is 498. The summed E-state index contributed by atoms with van der Waals surface area (Å²) in [7, 11) is 1.41. The second-order valence-electron chi connectivity index (χ2n) is 6.00. The second kappa shape index (κ2) is 6.74. The van der Waals surface area contributed by atoms with Crippen LogP contribution in [0.1, 0.15) is 25.8 Å². The molecular formula is C17H23NO3. The Balaban J connectivity index is 2.14. The zero-order chi connectivity index (χ0) is 15.4. The Kier molecular flexibility index (Phi) is 4.99. The maximum absolute atomic E-state index is 12.3. The molecule has 2 rings (SSSR count). The van der Waals surface area contributed by atoms with Gasteiger partial charge in [-0.1, -0.05) is 44.2 Å². The predicted octanol–water partition coefficient (Wildman–Crippen LogP) is 2.48. The molecule has 1 amide bonds. The van der Waals surface area contributed by atoms with Gasteiger partial charge < -0.3 is 9.64 Å². The van der Waals surface area contributed by atoms with E-state index in [4.69, 9.17) is 4.74 Å². The van der Waals surface area contributed by atoms with Gasteiger partial charge in [-0.3, -0.25) is 9.59 Å². The number of piperidine rings is 1. The van der Waals surface area contributed by atoms with E-state index in [-0.39, 0.29) is 29.6 Å². The lowest BCUT2D eigenvalue weighted by Crippen LogP contribution is -2.48. The molecule has 2 atom stereocenters. The van der Waals surface area contributed by atoms with Crippen molar-refractivity contribution in [3.8, 4) is 0 Å². The molecule has 0 aliphatic carbocycles. The standard InChI is InChI=1S/C17H23NO3/c1-12(2)14-9-16(19)18(11-15(14)17(20)21-3)10-13-7-5-4-6-8-13/h4-8,12,14-15H,9-11H2,1-3H3/t14-,15-/m1/s1. The van der Waals surface area contributed by atoms with Gasteiger partial charge in [0.25, 0.3) is 0 Å². The van der Waals surface area contributed by atoms with Crippen LogP contribution in [-0.2, 0) is 20.9 Å². The Hall–Kier alpha value is -1.84. The Morgan fingerprint density at radius 2 is 2.00 bits per heavy atom. The summed E-state index contributed by atoms with van der Waals surface area (Å²) in [4.78, 5) is 26.1. The minimum Gasteiger partial charge on any atom is -0.469 e. The Morgan fingerprint density at radius 3 is 2.57 bits per heavy atom. The molecule has 0 radical (unpaired) electrons. The average Bonchev–Trinajstić information content (AvgIpc) is 2.49. The Morgan fingerprint density at radius 1 is 1.33 bits per heavy atom. The molecule has 1 fully saturated rings. The lowest BCUT2D eigenvalue weighted by atomic mass is 9.77. The van der Waals surface area contributed by atoms with Gasteiger partial charge in [-0.15, -0.1) is 0 Å². The van der Waals surface area contributed by atoms with Crippen molar-refractivity contribution in [2.45, 2.75) is 26.8 Å². The van der Waals surface area contributed by atoms with E-state index in [0.29, 0.717) is 19.5 Å². The number of hydrogen-bond donors (Lipinski definition) is 0. The van der Waals surface area contributed by atoms with Gasteiger partial charge in [0, 0.05) is 19.5 Å². The number of esters is 1. The zero-order valence-corrected chi connectivity index (χ0v) is 12.9. The normalized spacial score (nSPS) is 22.5. The summed E-state index contributed by atoms with van der Waals surface area (Å²) in [6.07, 6.45) is 0.421. The molecule has 1 saturated heterocycles. The van der Waals surface area contributed by atoms with Crippen LogP contribution in [0.5, 0.6) is 0 Å². The van der Waals surface area contributed by atoms with Crippen molar-refractivity contribution in [3.05, 3.63) is 35.9 Å². The van der Waals surface area contributed by atoms with E-state index in [9.17, 15) is 9.59 Å². The van der Waals surface area contributed by atoms with Gasteiger partial charge in [-0.25, -0.2) is 0 Å². The molecule has 1 heterocycles. The first-order valence-corrected chi connectivity index (χ1v) is 7.42. The fourth-order valence-corrected chi connectivity index (χ4v) is 3.01. The average molecular weight is 289 g/mol. The van der Waals surface area contributed by atoms with Crippen molar-refractivity contribution in [2.24, 2.45) is 17.8 Å². The number of amides is 1. The molecular weight excluding hydrogens is 266 g/mol. The minimum absolute atomic E-state index is 0.0666. The summed E-state index contributed by atoms with van der Waals surface area (Å²) < 4.78 is 4.93. The molecule has 0 spiro atoms. The number of likely N-dealkylation sites (tertiary alicyclic amines) is 1. The van der Waals surface area contributed by atoms with Crippen LogP contribution in [0.3, 0.4) is 0 Å². The monoisotopic (exact) mass is 289 g/mol. The summed E-state index contributed by atoms with van der Waals surface area (Å²) in [5, 5.41) is 0. The van der Waals surface area contributed by atoms with Crippen molar-refractivity contribution >= 4 is 11.9 Å². The molecule has 0 saturated carbocycles. The van der Waals surface area contributed by atoms with Crippen molar-refractivity contribution in [1.29, 1.82) is 0 Å². The molecule has 21 heavy (non-hydrogen) atoms. The van der Waals surface area contributed by atoms with Gasteiger partial charge in [0.1, 0.15) is 0 Å². The summed E-state index contributed by atoms with van der Waals surface area (Å²) in [5.74, 6) is 0.0438. The highest BCUT2D eigenvalue weighted by atomic mass is 16.5. The molecule has 1 aliphatic rings. The zero-order valence-electron chi connectivity index (χ0n) is 12.9. The van der Waals surface area contributed by atoms with Crippen molar-refractivity contribution in [2.75, 3.05) is 13.7 Å². The van der Waals surface area contributed by atoms with Crippen LogP contribution < -0.4 is 0 Å². The van der Waals surface area contributed by atoms with Crippen molar-refractivity contribution < 1.29 is 14.3 Å². The van der Waals surface area contributed by atoms with E-state index in [1.54, 1.807) is 4.90 Å². The maximum atomic E-state index is 12.3. The minimum atomic E-state index is -0.226. The van der Waals surface area contributed by atoms with Crippen LogP contribution in [0, 0.1) is 17.8 Å².